The molecule has 6 rings (SSSR count). The van der Waals surface area contributed by atoms with Gasteiger partial charge in [0.15, 0.2) is 11.5 Å². The average Bonchev–Trinajstić information content (AvgIpc) is 3.59. The van der Waals surface area contributed by atoms with Crippen molar-refractivity contribution in [3.05, 3.63) is 143 Å². The molecule has 0 bridgehead atoms. The SMILES string of the molecule is O=C(Oc1cccc2c1OC(c1ccccc1)(c1ccccc1)O2)c1cc(CCc2cc(F)cc(F)c2)n[nH]1. The van der Waals surface area contributed by atoms with E-state index in [1.54, 1.807) is 24.3 Å². The summed E-state index contributed by atoms with van der Waals surface area (Å²) in [4.78, 5) is 13.0. The van der Waals surface area contributed by atoms with Gasteiger partial charge in [-0.05, 0) is 48.7 Å². The van der Waals surface area contributed by atoms with Gasteiger partial charge in [-0.1, -0.05) is 66.7 Å². The van der Waals surface area contributed by atoms with Crippen LogP contribution in [-0.4, -0.2) is 16.2 Å². The first kappa shape index (κ1) is 24.4. The highest BCUT2D eigenvalue weighted by atomic mass is 19.1. The van der Waals surface area contributed by atoms with Crippen molar-refractivity contribution in [2.75, 3.05) is 0 Å². The van der Waals surface area contributed by atoms with Gasteiger partial charge in [0, 0.05) is 17.2 Å². The van der Waals surface area contributed by atoms with E-state index in [1.807, 2.05) is 60.7 Å². The Hall–Kier alpha value is -4.98. The molecule has 39 heavy (non-hydrogen) atoms. The van der Waals surface area contributed by atoms with Gasteiger partial charge in [0.05, 0.1) is 5.69 Å². The van der Waals surface area contributed by atoms with Gasteiger partial charge in [0.25, 0.3) is 0 Å². The molecule has 0 amide bonds. The monoisotopic (exact) mass is 524 g/mol. The summed E-state index contributed by atoms with van der Waals surface area (Å²) in [6.07, 6.45) is 0.730. The smallest absolute Gasteiger partial charge is 0.361 e. The quantitative estimate of drug-likeness (QED) is 0.198. The molecule has 0 radical (unpaired) electrons. The number of benzene rings is 4. The van der Waals surface area contributed by atoms with Crippen LogP contribution in [0.3, 0.4) is 0 Å². The highest BCUT2D eigenvalue weighted by Gasteiger charge is 2.46. The molecular formula is C31H22F2N2O4. The zero-order chi connectivity index (χ0) is 26.8. The molecule has 5 aromatic rings. The van der Waals surface area contributed by atoms with Crippen molar-refractivity contribution in [3.8, 4) is 17.2 Å². The topological polar surface area (TPSA) is 73.4 Å². The van der Waals surface area contributed by atoms with Crippen LogP contribution in [0.1, 0.15) is 32.9 Å². The molecule has 0 spiro atoms. The number of aryl methyl sites for hydroxylation is 2. The first-order chi connectivity index (χ1) is 19.0. The summed E-state index contributed by atoms with van der Waals surface area (Å²) in [5.41, 5.74) is 2.74. The first-order valence-electron chi connectivity index (χ1n) is 12.3. The second kappa shape index (κ2) is 10.1. The largest absolute Gasteiger partial charge is 0.440 e. The Kier molecular flexibility index (Phi) is 6.28. The molecule has 1 aromatic heterocycles. The van der Waals surface area contributed by atoms with Gasteiger partial charge in [0.1, 0.15) is 17.3 Å². The van der Waals surface area contributed by atoms with Crippen molar-refractivity contribution < 1.29 is 27.8 Å². The van der Waals surface area contributed by atoms with E-state index in [4.69, 9.17) is 14.2 Å². The third-order valence-electron chi connectivity index (χ3n) is 6.40. The molecule has 0 unspecified atom stereocenters. The normalized spacial score (nSPS) is 13.3. The van der Waals surface area contributed by atoms with Crippen LogP contribution >= 0.6 is 0 Å². The van der Waals surface area contributed by atoms with Crippen LogP contribution in [0.5, 0.6) is 17.2 Å². The second-order valence-electron chi connectivity index (χ2n) is 9.08. The molecule has 1 N–H and O–H groups in total. The molecule has 0 aliphatic carbocycles. The zero-order valence-corrected chi connectivity index (χ0v) is 20.6. The predicted octanol–water partition coefficient (Wildman–Crippen LogP) is 6.36. The number of rotatable bonds is 7. The van der Waals surface area contributed by atoms with Gasteiger partial charge in [-0.25, -0.2) is 13.6 Å². The predicted molar refractivity (Wildman–Crippen MR) is 139 cm³/mol. The molecular weight excluding hydrogens is 502 g/mol. The summed E-state index contributed by atoms with van der Waals surface area (Å²) in [6.45, 7) is 0. The molecule has 8 heteroatoms. The number of hydrogen-bond donors (Lipinski definition) is 1. The summed E-state index contributed by atoms with van der Waals surface area (Å²) >= 11 is 0. The van der Waals surface area contributed by atoms with E-state index >= 15 is 0 Å². The molecule has 2 heterocycles. The zero-order valence-electron chi connectivity index (χ0n) is 20.6. The number of hydrogen-bond acceptors (Lipinski definition) is 5. The Balaban J connectivity index is 1.22. The number of fused-ring (bicyclic) bond motifs is 1. The van der Waals surface area contributed by atoms with Crippen molar-refractivity contribution in [1.29, 1.82) is 0 Å². The van der Waals surface area contributed by atoms with Gasteiger partial charge in [-0.2, -0.15) is 5.10 Å². The Morgan fingerprint density at radius 1 is 0.795 bits per heavy atom. The van der Waals surface area contributed by atoms with Crippen molar-refractivity contribution in [3.63, 3.8) is 0 Å². The number of nitrogens with one attached hydrogen (secondary N) is 1. The lowest BCUT2D eigenvalue weighted by Crippen LogP contribution is -2.36. The molecule has 0 saturated heterocycles. The third-order valence-corrected chi connectivity index (χ3v) is 6.40. The number of para-hydroxylation sites is 1. The maximum absolute atomic E-state index is 13.5. The Morgan fingerprint density at radius 3 is 2.13 bits per heavy atom. The lowest BCUT2D eigenvalue weighted by atomic mass is 9.97. The minimum atomic E-state index is -1.26. The number of aromatic amines is 1. The fourth-order valence-electron chi connectivity index (χ4n) is 4.57. The van der Waals surface area contributed by atoms with Crippen molar-refractivity contribution in [2.24, 2.45) is 0 Å². The minimum Gasteiger partial charge on any atom is -0.440 e. The summed E-state index contributed by atoms with van der Waals surface area (Å²) in [7, 11) is 0. The van der Waals surface area contributed by atoms with Gasteiger partial charge in [-0.15, -0.1) is 0 Å². The maximum atomic E-state index is 13.5. The molecule has 0 atom stereocenters. The molecule has 1 aliphatic rings. The van der Waals surface area contributed by atoms with Crippen molar-refractivity contribution in [1.82, 2.24) is 10.2 Å². The number of aromatic nitrogens is 2. The highest BCUT2D eigenvalue weighted by molar-refractivity contribution is 5.89. The third kappa shape index (κ3) is 4.84. The number of esters is 1. The standard InChI is InChI=1S/C31H22F2N2O4/c32-23-16-20(17-24(33)18-23)14-15-25-19-26(35-34-25)30(36)37-27-12-7-13-28-29(27)39-31(38-28,21-8-3-1-4-9-21)22-10-5-2-6-11-22/h1-13,16-19H,14-15H2,(H,34,35). The van der Waals surface area contributed by atoms with Crippen LogP contribution in [0.15, 0.2) is 103 Å². The molecule has 6 nitrogen and oxygen atoms in total. The number of halogens is 2. The van der Waals surface area contributed by atoms with Crippen LogP contribution in [0.2, 0.25) is 0 Å². The highest BCUT2D eigenvalue weighted by Crippen LogP contribution is 2.51. The number of H-pyrrole nitrogens is 1. The number of nitrogens with zero attached hydrogens (tertiary/aromatic N) is 1. The fourth-order valence-corrected chi connectivity index (χ4v) is 4.57. The van der Waals surface area contributed by atoms with Crippen molar-refractivity contribution in [2.45, 2.75) is 18.6 Å². The van der Waals surface area contributed by atoms with Crippen LogP contribution in [0, 0.1) is 11.6 Å². The lowest BCUT2D eigenvalue weighted by molar-refractivity contribution is -0.0467. The van der Waals surface area contributed by atoms with E-state index in [0.29, 0.717) is 35.6 Å². The van der Waals surface area contributed by atoms with Crippen LogP contribution in [-0.2, 0) is 18.6 Å². The first-order valence-corrected chi connectivity index (χ1v) is 12.3. The second-order valence-corrected chi connectivity index (χ2v) is 9.08. The molecule has 0 fully saturated rings. The summed E-state index contributed by atoms with van der Waals surface area (Å²) in [6, 6.07) is 29.1. The van der Waals surface area contributed by atoms with E-state index in [-0.39, 0.29) is 11.4 Å². The maximum Gasteiger partial charge on any atom is 0.361 e. The van der Waals surface area contributed by atoms with Crippen LogP contribution in [0.4, 0.5) is 8.78 Å². The molecule has 194 valence electrons. The summed E-state index contributed by atoms with van der Waals surface area (Å²) in [5.74, 6) is -2.28. The van der Waals surface area contributed by atoms with Gasteiger partial charge in [-0.3, -0.25) is 5.10 Å². The lowest BCUT2D eigenvalue weighted by Gasteiger charge is -2.28. The Morgan fingerprint density at radius 2 is 1.46 bits per heavy atom. The molecule has 1 aliphatic heterocycles. The van der Waals surface area contributed by atoms with Crippen LogP contribution < -0.4 is 14.2 Å². The van der Waals surface area contributed by atoms with E-state index in [1.165, 1.54) is 12.1 Å². The van der Waals surface area contributed by atoms with Gasteiger partial charge in [0.2, 0.25) is 5.75 Å². The number of carbonyl (C=O) groups is 1. The van der Waals surface area contributed by atoms with E-state index in [2.05, 4.69) is 10.2 Å². The van der Waals surface area contributed by atoms with Gasteiger partial charge >= 0.3 is 11.8 Å². The Bertz CT molecular complexity index is 1580. The van der Waals surface area contributed by atoms with E-state index in [9.17, 15) is 13.6 Å². The molecule has 0 saturated carbocycles. The van der Waals surface area contributed by atoms with Crippen molar-refractivity contribution >= 4 is 5.97 Å². The Labute approximate surface area is 222 Å². The van der Waals surface area contributed by atoms with Crippen LogP contribution in [0.25, 0.3) is 0 Å². The van der Waals surface area contributed by atoms with E-state index < -0.39 is 23.4 Å². The van der Waals surface area contributed by atoms with E-state index in [0.717, 1.165) is 17.2 Å². The number of ether oxygens (including phenoxy) is 3. The minimum absolute atomic E-state index is 0.129. The summed E-state index contributed by atoms with van der Waals surface area (Å²) < 4.78 is 45.5. The average molecular weight is 525 g/mol. The summed E-state index contributed by atoms with van der Waals surface area (Å²) in [5, 5.41) is 6.82. The van der Waals surface area contributed by atoms with Gasteiger partial charge < -0.3 is 14.2 Å². The molecule has 4 aromatic carbocycles. The number of carbonyl (C=O) groups excluding carboxylic acids is 1. The fraction of sp³-hybridized carbons (Fsp3) is 0.0968.